The van der Waals surface area contributed by atoms with Gasteiger partial charge in [-0.3, -0.25) is 14.3 Å². The van der Waals surface area contributed by atoms with Crippen LogP contribution in [0.15, 0.2) is 36.4 Å². The predicted octanol–water partition coefficient (Wildman–Crippen LogP) is 4.38. The monoisotopic (exact) mass is 376 g/mol. The molecule has 2 aromatic carbocycles. The van der Waals surface area contributed by atoms with Crippen molar-refractivity contribution < 1.29 is 9.59 Å². The van der Waals surface area contributed by atoms with Crippen LogP contribution < -0.4 is 10.2 Å². The molecule has 0 bridgehead atoms. The Morgan fingerprint density at radius 2 is 2.00 bits per heavy atom. The van der Waals surface area contributed by atoms with Gasteiger partial charge in [-0.05, 0) is 44.5 Å². The third-order valence-corrected chi connectivity index (χ3v) is 5.20. The van der Waals surface area contributed by atoms with Gasteiger partial charge in [-0.1, -0.05) is 25.5 Å². The molecule has 0 aliphatic carbocycles. The molecule has 1 aliphatic heterocycles. The van der Waals surface area contributed by atoms with Gasteiger partial charge >= 0.3 is 0 Å². The Morgan fingerprint density at radius 1 is 1.18 bits per heavy atom. The van der Waals surface area contributed by atoms with Crippen LogP contribution in [-0.2, 0) is 6.54 Å². The van der Waals surface area contributed by atoms with Crippen LogP contribution in [0.2, 0.25) is 0 Å². The number of carbonyl (C=O) groups is 2. The van der Waals surface area contributed by atoms with Crippen molar-refractivity contribution >= 4 is 34.0 Å². The van der Waals surface area contributed by atoms with E-state index in [4.69, 9.17) is 0 Å². The fraction of sp³-hybridized carbons (Fsp3) is 0.318. The number of hydrogen-bond donors (Lipinski definition) is 1. The fourth-order valence-corrected chi connectivity index (χ4v) is 3.85. The van der Waals surface area contributed by atoms with Gasteiger partial charge in [0.1, 0.15) is 5.69 Å². The van der Waals surface area contributed by atoms with Gasteiger partial charge in [0.15, 0.2) is 0 Å². The van der Waals surface area contributed by atoms with E-state index in [2.05, 4.69) is 17.3 Å². The Bertz CT molecular complexity index is 1080. The van der Waals surface area contributed by atoms with E-state index in [1.165, 1.54) is 0 Å². The normalized spacial score (nSPS) is 12.8. The molecule has 4 rings (SSSR count). The second kappa shape index (κ2) is 7.11. The lowest BCUT2D eigenvalue weighted by Crippen LogP contribution is -2.27. The van der Waals surface area contributed by atoms with Gasteiger partial charge < -0.3 is 10.2 Å². The molecule has 6 nitrogen and oxygen atoms in total. The standard InChI is InChI=1S/C22H24N4O2/c1-4-6-12-25-18-11-10-17(15-8-7-9-16(20(15)18)22(25)28)23-21(27)19-13-14(3)24-26(19)5-2/h7-11,13H,4-6,12H2,1-3H3,(H,23,27). The van der Waals surface area contributed by atoms with Crippen LogP contribution in [-0.4, -0.2) is 28.1 Å². The molecule has 28 heavy (non-hydrogen) atoms. The number of benzene rings is 2. The highest BCUT2D eigenvalue weighted by molar-refractivity contribution is 6.27. The van der Waals surface area contributed by atoms with Crippen LogP contribution in [0.4, 0.5) is 11.4 Å². The third-order valence-electron chi connectivity index (χ3n) is 5.20. The second-order valence-corrected chi connectivity index (χ2v) is 7.11. The molecule has 1 aliphatic rings. The molecule has 144 valence electrons. The number of nitrogens with one attached hydrogen (secondary N) is 1. The van der Waals surface area contributed by atoms with E-state index in [-0.39, 0.29) is 11.8 Å². The zero-order valence-corrected chi connectivity index (χ0v) is 16.5. The number of amides is 2. The van der Waals surface area contributed by atoms with Crippen molar-refractivity contribution in [2.45, 2.75) is 40.2 Å². The molecule has 0 fully saturated rings. The van der Waals surface area contributed by atoms with Crippen molar-refractivity contribution in [2.24, 2.45) is 0 Å². The molecule has 0 atom stereocenters. The van der Waals surface area contributed by atoms with Crippen LogP contribution >= 0.6 is 0 Å². The van der Waals surface area contributed by atoms with E-state index in [0.29, 0.717) is 30.0 Å². The number of carbonyl (C=O) groups excluding carboxylic acids is 2. The lowest BCUT2D eigenvalue weighted by atomic mass is 10.0. The number of anilines is 2. The van der Waals surface area contributed by atoms with Gasteiger partial charge in [0.2, 0.25) is 0 Å². The molecule has 0 saturated carbocycles. The Hall–Kier alpha value is -3.15. The van der Waals surface area contributed by atoms with Crippen LogP contribution in [0.5, 0.6) is 0 Å². The highest BCUT2D eigenvalue weighted by Gasteiger charge is 2.30. The van der Waals surface area contributed by atoms with Gasteiger partial charge in [-0.2, -0.15) is 5.10 Å². The van der Waals surface area contributed by atoms with E-state index in [1.54, 1.807) is 10.7 Å². The lowest BCUT2D eigenvalue weighted by Gasteiger charge is -2.17. The topological polar surface area (TPSA) is 67.2 Å². The molecular formula is C22H24N4O2. The number of unbranched alkanes of at least 4 members (excludes halogenated alkanes) is 1. The second-order valence-electron chi connectivity index (χ2n) is 7.11. The smallest absolute Gasteiger partial charge is 0.273 e. The summed E-state index contributed by atoms with van der Waals surface area (Å²) in [5, 5.41) is 9.16. The molecular weight excluding hydrogens is 352 g/mol. The summed E-state index contributed by atoms with van der Waals surface area (Å²) in [6.07, 6.45) is 1.99. The average molecular weight is 376 g/mol. The molecule has 3 aromatic rings. The van der Waals surface area contributed by atoms with E-state index < -0.39 is 0 Å². The van der Waals surface area contributed by atoms with E-state index in [9.17, 15) is 9.59 Å². The highest BCUT2D eigenvalue weighted by Crippen LogP contribution is 2.40. The van der Waals surface area contributed by atoms with Crippen molar-refractivity contribution in [3.05, 3.63) is 53.3 Å². The highest BCUT2D eigenvalue weighted by atomic mass is 16.2. The first-order valence-electron chi connectivity index (χ1n) is 9.78. The summed E-state index contributed by atoms with van der Waals surface area (Å²) in [5.41, 5.74) is 3.68. The minimum Gasteiger partial charge on any atom is -0.320 e. The summed E-state index contributed by atoms with van der Waals surface area (Å²) in [5.74, 6) is -0.160. The minimum absolute atomic E-state index is 0.0391. The van der Waals surface area contributed by atoms with Crippen LogP contribution in [0.1, 0.15) is 53.2 Å². The summed E-state index contributed by atoms with van der Waals surface area (Å²) < 4.78 is 1.70. The zero-order valence-electron chi connectivity index (χ0n) is 16.5. The van der Waals surface area contributed by atoms with Crippen molar-refractivity contribution in [2.75, 3.05) is 16.8 Å². The molecule has 0 radical (unpaired) electrons. The predicted molar refractivity (Wildman–Crippen MR) is 111 cm³/mol. The first-order chi connectivity index (χ1) is 13.5. The van der Waals surface area contributed by atoms with Gasteiger partial charge in [-0.15, -0.1) is 0 Å². The van der Waals surface area contributed by atoms with Gasteiger partial charge in [0.25, 0.3) is 11.8 Å². The number of aromatic nitrogens is 2. The SMILES string of the molecule is CCCCN1C(=O)c2cccc3c(NC(=O)c4cc(C)nn4CC)ccc1c23. The molecule has 6 heteroatoms. The van der Waals surface area contributed by atoms with Crippen molar-refractivity contribution in [3.8, 4) is 0 Å². The third kappa shape index (κ3) is 2.85. The summed E-state index contributed by atoms with van der Waals surface area (Å²) in [7, 11) is 0. The number of hydrogen-bond acceptors (Lipinski definition) is 3. The Kier molecular flexibility index (Phi) is 4.63. The minimum atomic E-state index is -0.199. The summed E-state index contributed by atoms with van der Waals surface area (Å²) >= 11 is 0. The van der Waals surface area contributed by atoms with Crippen molar-refractivity contribution in [1.29, 1.82) is 0 Å². The van der Waals surface area contributed by atoms with Crippen molar-refractivity contribution in [3.63, 3.8) is 0 Å². The molecule has 1 aromatic heterocycles. The number of aryl methyl sites for hydroxylation is 2. The lowest BCUT2D eigenvalue weighted by molar-refractivity contribution is 0.0990. The van der Waals surface area contributed by atoms with Gasteiger partial charge in [0, 0.05) is 35.1 Å². The fourth-order valence-electron chi connectivity index (χ4n) is 3.85. The Labute approximate surface area is 164 Å². The van der Waals surface area contributed by atoms with Crippen LogP contribution in [0, 0.1) is 6.92 Å². The molecule has 0 unspecified atom stereocenters. The van der Waals surface area contributed by atoms with Crippen LogP contribution in [0.3, 0.4) is 0 Å². The Balaban J connectivity index is 1.74. The largest absolute Gasteiger partial charge is 0.320 e. The first-order valence-corrected chi connectivity index (χ1v) is 9.78. The number of nitrogens with zero attached hydrogens (tertiary/aromatic N) is 3. The van der Waals surface area contributed by atoms with E-state index >= 15 is 0 Å². The van der Waals surface area contributed by atoms with E-state index in [0.717, 1.165) is 35.0 Å². The molecule has 1 N–H and O–H groups in total. The van der Waals surface area contributed by atoms with Crippen molar-refractivity contribution in [1.82, 2.24) is 9.78 Å². The summed E-state index contributed by atoms with van der Waals surface area (Å²) in [6, 6.07) is 11.3. The maximum Gasteiger partial charge on any atom is 0.273 e. The van der Waals surface area contributed by atoms with Gasteiger partial charge in [0.05, 0.1) is 11.4 Å². The Morgan fingerprint density at radius 3 is 2.75 bits per heavy atom. The maximum absolute atomic E-state index is 12.9. The molecule has 2 heterocycles. The summed E-state index contributed by atoms with van der Waals surface area (Å²) in [4.78, 5) is 27.6. The average Bonchev–Trinajstić information content (AvgIpc) is 3.21. The number of rotatable bonds is 6. The molecule has 2 amide bonds. The van der Waals surface area contributed by atoms with E-state index in [1.807, 2.05) is 49.1 Å². The zero-order chi connectivity index (χ0) is 19.8. The summed E-state index contributed by atoms with van der Waals surface area (Å²) in [6.45, 7) is 7.28. The molecule has 0 spiro atoms. The van der Waals surface area contributed by atoms with Crippen LogP contribution in [0.25, 0.3) is 10.8 Å². The quantitative estimate of drug-likeness (QED) is 0.694. The maximum atomic E-state index is 12.9. The van der Waals surface area contributed by atoms with Gasteiger partial charge in [-0.25, -0.2) is 0 Å². The molecule has 0 saturated heterocycles. The first kappa shape index (κ1) is 18.2.